The van der Waals surface area contributed by atoms with Crippen molar-refractivity contribution in [1.82, 2.24) is 4.31 Å². The zero-order valence-electron chi connectivity index (χ0n) is 15.2. The largest absolute Gasteiger partial charge is 0.329 e. The molecule has 3 rings (SSSR count). The second kappa shape index (κ2) is 8.84. The van der Waals surface area contributed by atoms with Gasteiger partial charge in [-0.15, -0.1) is 12.4 Å². The van der Waals surface area contributed by atoms with E-state index in [1.54, 1.807) is 23.1 Å². The number of halogens is 1. The minimum Gasteiger partial charge on any atom is -0.329 e. The lowest BCUT2D eigenvalue weighted by Gasteiger charge is -2.22. The molecule has 6 nitrogen and oxygen atoms in total. The molecule has 2 aromatic rings. The molecule has 0 aliphatic carbocycles. The Bertz CT molecular complexity index is 904. The summed E-state index contributed by atoms with van der Waals surface area (Å²) < 4.78 is 27.7. The molecule has 1 heterocycles. The van der Waals surface area contributed by atoms with Gasteiger partial charge in [0.1, 0.15) is 0 Å². The van der Waals surface area contributed by atoms with Crippen LogP contribution < -0.4 is 10.6 Å². The number of benzene rings is 2. The van der Waals surface area contributed by atoms with Gasteiger partial charge in [0.2, 0.25) is 15.9 Å². The molecule has 2 aromatic carbocycles. The van der Waals surface area contributed by atoms with Crippen molar-refractivity contribution in [3.8, 4) is 0 Å². The van der Waals surface area contributed by atoms with Crippen molar-refractivity contribution in [2.45, 2.75) is 24.8 Å². The minimum absolute atomic E-state index is 0. The molecule has 0 aromatic heterocycles. The lowest BCUT2D eigenvalue weighted by molar-refractivity contribution is -0.116. The zero-order valence-corrected chi connectivity index (χ0v) is 16.8. The fraction of sp³-hybridized carbons (Fsp3) is 0.316. The average molecular weight is 410 g/mol. The van der Waals surface area contributed by atoms with E-state index < -0.39 is 10.0 Å². The highest BCUT2D eigenvalue weighted by atomic mass is 35.5. The number of carbonyl (C=O) groups excluding carboxylic acids is 1. The van der Waals surface area contributed by atoms with Crippen LogP contribution in [0.25, 0.3) is 0 Å². The van der Waals surface area contributed by atoms with Crippen molar-refractivity contribution in [2.24, 2.45) is 5.73 Å². The molecule has 0 fully saturated rings. The summed E-state index contributed by atoms with van der Waals surface area (Å²) >= 11 is 0. The van der Waals surface area contributed by atoms with Crippen LogP contribution >= 0.6 is 12.4 Å². The molecule has 0 bridgehead atoms. The molecule has 0 saturated carbocycles. The van der Waals surface area contributed by atoms with Gasteiger partial charge in [-0.2, -0.15) is 4.31 Å². The van der Waals surface area contributed by atoms with Crippen molar-refractivity contribution in [1.29, 1.82) is 0 Å². The Morgan fingerprint density at radius 2 is 1.89 bits per heavy atom. The van der Waals surface area contributed by atoms with Gasteiger partial charge < -0.3 is 10.6 Å². The van der Waals surface area contributed by atoms with E-state index in [1.165, 1.54) is 11.2 Å². The summed E-state index contributed by atoms with van der Waals surface area (Å²) in [7, 11) is -3.67. The van der Waals surface area contributed by atoms with Gasteiger partial charge in [0.05, 0.1) is 4.90 Å². The first kappa shape index (κ1) is 21.4. The highest BCUT2D eigenvalue weighted by Crippen LogP contribution is 2.31. The molecule has 27 heavy (non-hydrogen) atoms. The summed E-state index contributed by atoms with van der Waals surface area (Å²) in [4.78, 5) is 13.6. The Kier molecular flexibility index (Phi) is 7.00. The third kappa shape index (κ3) is 4.50. The number of carbonyl (C=O) groups is 1. The summed E-state index contributed by atoms with van der Waals surface area (Å²) in [5, 5.41) is 0. The molecular weight excluding hydrogens is 386 g/mol. The zero-order chi connectivity index (χ0) is 18.7. The van der Waals surface area contributed by atoms with Crippen molar-refractivity contribution >= 4 is 34.0 Å². The van der Waals surface area contributed by atoms with E-state index in [9.17, 15) is 13.2 Å². The van der Waals surface area contributed by atoms with E-state index in [0.717, 1.165) is 16.8 Å². The third-order valence-electron chi connectivity index (χ3n) is 4.54. The van der Waals surface area contributed by atoms with Crippen LogP contribution in [0.15, 0.2) is 53.4 Å². The van der Waals surface area contributed by atoms with Crippen LogP contribution in [0, 0.1) is 0 Å². The maximum Gasteiger partial charge on any atom is 0.243 e. The molecule has 1 aliphatic heterocycles. The fourth-order valence-corrected chi connectivity index (χ4v) is 4.72. The Hall–Kier alpha value is -1.93. The molecule has 0 radical (unpaired) electrons. The number of hydrogen-bond acceptors (Lipinski definition) is 4. The topological polar surface area (TPSA) is 83.7 Å². The van der Waals surface area contributed by atoms with Crippen LogP contribution in [0.1, 0.15) is 18.1 Å². The van der Waals surface area contributed by atoms with Gasteiger partial charge in [-0.1, -0.05) is 30.3 Å². The van der Waals surface area contributed by atoms with E-state index in [0.29, 0.717) is 13.0 Å². The summed E-state index contributed by atoms with van der Waals surface area (Å²) in [6, 6.07) is 14.4. The van der Waals surface area contributed by atoms with Crippen molar-refractivity contribution < 1.29 is 13.2 Å². The van der Waals surface area contributed by atoms with E-state index in [2.05, 4.69) is 0 Å². The Morgan fingerprint density at radius 1 is 1.19 bits per heavy atom. The number of amides is 1. The van der Waals surface area contributed by atoms with E-state index in [1.807, 2.05) is 30.3 Å². The molecule has 1 amide bonds. The monoisotopic (exact) mass is 409 g/mol. The summed E-state index contributed by atoms with van der Waals surface area (Å²) in [6.07, 6.45) is 0.661. The third-order valence-corrected chi connectivity index (χ3v) is 6.39. The lowest BCUT2D eigenvalue weighted by atomic mass is 10.2. The number of nitrogens with two attached hydrogens (primary N) is 1. The quantitative estimate of drug-likeness (QED) is 0.792. The Labute approximate surface area is 166 Å². The van der Waals surface area contributed by atoms with Crippen LogP contribution in [0.3, 0.4) is 0 Å². The maximum atomic E-state index is 13.1. The predicted molar refractivity (Wildman–Crippen MR) is 109 cm³/mol. The van der Waals surface area contributed by atoms with Crippen LogP contribution in [0.4, 0.5) is 5.69 Å². The fourth-order valence-electron chi connectivity index (χ4n) is 3.23. The minimum atomic E-state index is -3.67. The van der Waals surface area contributed by atoms with Crippen molar-refractivity contribution in [3.63, 3.8) is 0 Å². The predicted octanol–water partition coefficient (Wildman–Crippen LogP) is 2.17. The number of hydrogen-bond donors (Lipinski definition) is 1. The van der Waals surface area contributed by atoms with Crippen LogP contribution in [0.5, 0.6) is 0 Å². The molecule has 2 N–H and O–H groups in total. The van der Waals surface area contributed by atoms with Crippen LogP contribution in [-0.4, -0.2) is 38.3 Å². The Balaban J connectivity index is 0.00000261. The molecule has 0 unspecified atom stereocenters. The molecule has 146 valence electrons. The van der Waals surface area contributed by atoms with E-state index in [4.69, 9.17) is 5.73 Å². The number of nitrogens with zero attached hydrogens (tertiary/aromatic N) is 2. The van der Waals surface area contributed by atoms with Crippen LogP contribution in [-0.2, 0) is 27.8 Å². The van der Waals surface area contributed by atoms with Crippen molar-refractivity contribution in [2.75, 3.05) is 24.5 Å². The first-order valence-electron chi connectivity index (χ1n) is 8.58. The summed E-state index contributed by atoms with van der Waals surface area (Å²) in [6.45, 7) is 2.87. The first-order chi connectivity index (χ1) is 12.4. The lowest BCUT2D eigenvalue weighted by Crippen LogP contribution is -2.35. The van der Waals surface area contributed by atoms with Gasteiger partial charge in [-0.25, -0.2) is 8.42 Å². The molecular formula is C19H24ClN3O3S. The number of sulfonamides is 1. The second-order valence-electron chi connectivity index (χ2n) is 6.32. The van der Waals surface area contributed by atoms with E-state index in [-0.39, 0.29) is 42.8 Å². The number of anilines is 1. The molecule has 1 aliphatic rings. The molecule has 0 spiro atoms. The van der Waals surface area contributed by atoms with Gasteiger partial charge >= 0.3 is 0 Å². The summed E-state index contributed by atoms with van der Waals surface area (Å²) in [5.41, 5.74) is 8.24. The molecule has 0 atom stereocenters. The number of fused-ring (bicyclic) bond motifs is 1. The maximum absolute atomic E-state index is 13.1. The highest BCUT2D eigenvalue weighted by molar-refractivity contribution is 7.89. The second-order valence-corrected chi connectivity index (χ2v) is 8.26. The smallest absolute Gasteiger partial charge is 0.243 e. The van der Waals surface area contributed by atoms with Gasteiger partial charge in [-0.3, -0.25) is 4.79 Å². The highest BCUT2D eigenvalue weighted by Gasteiger charge is 2.28. The SMILES string of the molecule is CC(=O)N1CCc2cc(S(=O)(=O)N(CCN)Cc3ccccc3)ccc21.Cl. The van der Waals surface area contributed by atoms with Gasteiger partial charge in [0.15, 0.2) is 0 Å². The molecule has 8 heteroatoms. The van der Waals surface area contributed by atoms with Gasteiger partial charge in [0, 0.05) is 38.8 Å². The first-order valence-corrected chi connectivity index (χ1v) is 10.0. The van der Waals surface area contributed by atoms with E-state index >= 15 is 0 Å². The molecule has 0 saturated heterocycles. The Morgan fingerprint density at radius 3 is 2.52 bits per heavy atom. The number of rotatable bonds is 6. The van der Waals surface area contributed by atoms with Crippen molar-refractivity contribution in [3.05, 3.63) is 59.7 Å². The van der Waals surface area contributed by atoms with Gasteiger partial charge in [-0.05, 0) is 35.7 Å². The standard InChI is InChI=1S/C19H23N3O3S.ClH/c1-15(23)22-11-9-17-13-18(7-8-19(17)22)26(24,25)21(12-10-20)14-16-5-3-2-4-6-16;/h2-8,13H,9-12,14,20H2,1H3;1H. The van der Waals surface area contributed by atoms with Gasteiger partial charge in [0.25, 0.3) is 0 Å². The summed E-state index contributed by atoms with van der Waals surface area (Å²) in [5.74, 6) is -0.0341. The average Bonchev–Trinajstić information content (AvgIpc) is 3.05. The van der Waals surface area contributed by atoms with Crippen LogP contribution in [0.2, 0.25) is 0 Å². The normalized spacial score (nSPS) is 13.4.